The Morgan fingerprint density at radius 1 is 0.627 bits per heavy atom. The Bertz CT molecular complexity index is 1070. The van der Waals surface area contributed by atoms with E-state index >= 15 is 0 Å². The van der Waals surface area contributed by atoms with Crippen molar-refractivity contribution in [3.8, 4) is 0 Å². The zero-order valence-corrected chi connectivity index (χ0v) is 32.7. The maximum absolute atomic E-state index is 12.0. The van der Waals surface area contributed by atoms with Crippen LogP contribution in [0, 0.1) is 0 Å². The van der Waals surface area contributed by atoms with E-state index in [0.717, 1.165) is 57.8 Å². The fourth-order valence-corrected chi connectivity index (χ4v) is 5.51. The summed E-state index contributed by atoms with van der Waals surface area (Å²) in [6.45, 7) is 3.31. The number of amides is 1. The molecule has 292 valence electrons. The number of aliphatic hydroxyl groups excluding tert-OH is 1. The van der Waals surface area contributed by atoms with Crippen molar-refractivity contribution in [1.82, 2.24) is 5.32 Å². The van der Waals surface area contributed by atoms with Gasteiger partial charge in [-0.1, -0.05) is 151 Å². The first-order valence-corrected chi connectivity index (χ1v) is 20.9. The topological polar surface area (TPSA) is 131 Å². The van der Waals surface area contributed by atoms with Crippen molar-refractivity contribution in [1.29, 1.82) is 0 Å². The van der Waals surface area contributed by atoms with Crippen molar-refractivity contribution in [2.45, 2.75) is 148 Å². The third-order valence-corrected chi connectivity index (χ3v) is 8.65. The molecule has 10 heteroatoms. The molecule has 3 N–H and O–H groups in total. The van der Waals surface area contributed by atoms with Crippen LogP contribution < -0.4 is 5.32 Å². The van der Waals surface area contributed by atoms with Gasteiger partial charge >= 0.3 is 13.8 Å². The van der Waals surface area contributed by atoms with E-state index in [1.807, 2.05) is 12.2 Å². The second-order valence-corrected chi connectivity index (χ2v) is 14.0. The van der Waals surface area contributed by atoms with E-state index in [1.54, 1.807) is 0 Å². The van der Waals surface area contributed by atoms with Crippen molar-refractivity contribution >= 4 is 19.7 Å². The van der Waals surface area contributed by atoms with Gasteiger partial charge < -0.3 is 20.1 Å². The third kappa shape index (κ3) is 38.5. The molecular weight excluding hydrogens is 665 g/mol. The molecule has 0 fully saturated rings. The zero-order chi connectivity index (χ0) is 37.5. The Morgan fingerprint density at radius 3 is 1.61 bits per heavy atom. The lowest BCUT2D eigenvalue weighted by molar-refractivity contribution is -0.147. The largest absolute Gasteiger partial charge is 0.472 e. The summed E-state index contributed by atoms with van der Waals surface area (Å²) in [7, 11) is -4.43. The Balaban J connectivity index is 3.76. The summed E-state index contributed by atoms with van der Waals surface area (Å²) in [6, 6.07) is 0. The molecule has 0 bridgehead atoms. The van der Waals surface area contributed by atoms with Gasteiger partial charge in [-0.2, -0.15) is 0 Å². The van der Waals surface area contributed by atoms with Crippen LogP contribution in [0.25, 0.3) is 0 Å². The molecule has 0 aromatic heterocycles. The fourth-order valence-electron chi connectivity index (χ4n) is 4.75. The summed E-state index contributed by atoms with van der Waals surface area (Å²) < 4.78 is 26.7. The van der Waals surface area contributed by atoms with Crippen molar-refractivity contribution in [3.05, 3.63) is 72.9 Å². The van der Waals surface area contributed by atoms with Gasteiger partial charge in [0.2, 0.25) is 5.91 Å². The Hall–Kier alpha value is -2.55. The average Bonchev–Trinajstić information content (AvgIpc) is 3.11. The minimum atomic E-state index is -4.43. The van der Waals surface area contributed by atoms with Crippen LogP contribution in [-0.4, -0.2) is 54.3 Å². The molecule has 1 amide bonds. The molecule has 0 aliphatic carbocycles. The average molecular weight is 736 g/mol. The zero-order valence-electron chi connectivity index (χ0n) is 31.8. The second-order valence-electron chi connectivity index (χ2n) is 12.5. The van der Waals surface area contributed by atoms with Crippen LogP contribution in [0.15, 0.2) is 72.9 Å². The number of phosphoric ester groups is 1. The van der Waals surface area contributed by atoms with E-state index in [9.17, 15) is 24.2 Å². The van der Waals surface area contributed by atoms with Crippen LogP contribution in [0.2, 0.25) is 0 Å². The quantitative estimate of drug-likeness (QED) is 0.0254. The molecule has 0 saturated carbocycles. The molecule has 0 saturated heterocycles. The summed E-state index contributed by atoms with van der Waals surface area (Å²) in [4.78, 5) is 33.7. The lowest BCUT2D eigenvalue weighted by Gasteiger charge is -2.15. The van der Waals surface area contributed by atoms with Gasteiger partial charge in [-0.25, -0.2) is 4.57 Å². The molecule has 0 aromatic carbocycles. The van der Waals surface area contributed by atoms with Crippen LogP contribution in [-0.2, 0) is 27.9 Å². The number of hydrogen-bond donors (Lipinski definition) is 3. The van der Waals surface area contributed by atoms with E-state index in [2.05, 4.69) is 79.9 Å². The molecule has 2 atom stereocenters. The van der Waals surface area contributed by atoms with Crippen molar-refractivity contribution < 1.29 is 37.9 Å². The van der Waals surface area contributed by atoms with Crippen LogP contribution in [0.3, 0.4) is 0 Å². The first-order valence-electron chi connectivity index (χ1n) is 19.4. The predicted molar refractivity (Wildman–Crippen MR) is 210 cm³/mol. The normalized spacial score (nSPS) is 14.2. The molecular formula is C41H70NO8P. The highest BCUT2D eigenvalue weighted by molar-refractivity contribution is 7.47. The highest BCUT2D eigenvalue weighted by atomic mass is 31.2. The molecule has 0 aliphatic rings. The summed E-state index contributed by atoms with van der Waals surface area (Å²) in [5.41, 5.74) is 0. The number of carbonyl (C=O) groups is 2. The number of carbonyl (C=O) groups excluding carboxylic acids is 2. The van der Waals surface area contributed by atoms with Crippen LogP contribution in [0.5, 0.6) is 0 Å². The van der Waals surface area contributed by atoms with Gasteiger partial charge in [0, 0.05) is 19.4 Å². The molecule has 0 aromatic rings. The Morgan fingerprint density at radius 2 is 1.10 bits per heavy atom. The van der Waals surface area contributed by atoms with Gasteiger partial charge in [0.05, 0.1) is 13.2 Å². The van der Waals surface area contributed by atoms with Gasteiger partial charge in [-0.05, 0) is 51.4 Å². The smallest absolute Gasteiger partial charge is 0.463 e. The monoisotopic (exact) mass is 735 g/mol. The number of unbranched alkanes of at least 4 members (excludes halogenated alkanes) is 10. The molecule has 0 heterocycles. The second kappa shape index (κ2) is 37.2. The van der Waals surface area contributed by atoms with Crippen LogP contribution >= 0.6 is 7.82 Å². The summed E-state index contributed by atoms with van der Waals surface area (Å²) >= 11 is 0. The lowest BCUT2D eigenvalue weighted by atomic mass is 10.1. The Labute approximate surface area is 310 Å². The fraction of sp³-hybridized carbons (Fsp3) is 0.659. The molecule has 2 unspecified atom stereocenters. The molecule has 0 rings (SSSR count). The highest BCUT2D eigenvalue weighted by Gasteiger charge is 2.23. The van der Waals surface area contributed by atoms with Crippen molar-refractivity contribution in [2.75, 3.05) is 26.4 Å². The number of aliphatic hydroxyl groups is 1. The first kappa shape index (κ1) is 48.5. The summed E-state index contributed by atoms with van der Waals surface area (Å²) in [5.74, 6) is -0.609. The number of rotatable bonds is 35. The molecule has 0 aliphatic heterocycles. The maximum Gasteiger partial charge on any atom is 0.472 e. The van der Waals surface area contributed by atoms with Crippen LogP contribution in [0.1, 0.15) is 142 Å². The number of nitrogens with one attached hydrogen (secondary N) is 1. The number of allylic oxidation sites excluding steroid dienone is 12. The number of ether oxygens (including phenoxy) is 1. The molecule has 0 spiro atoms. The van der Waals surface area contributed by atoms with Crippen LogP contribution in [0.4, 0.5) is 0 Å². The van der Waals surface area contributed by atoms with Crippen molar-refractivity contribution in [2.24, 2.45) is 0 Å². The van der Waals surface area contributed by atoms with E-state index < -0.39 is 26.5 Å². The highest BCUT2D eigenvalue weighted by Crippen LogP contribution is 2.42. The SMILES string of the molecule is CC/C=C\C/C=C\C/C=C\C/C=C\C/C=C\C/C=C\CCC(=O)NCCOP(=O)(O)OCC(O)COC(=O)CCCCCCCCCCCCC. The minimum absolute atomic E-state index is 0.0374. The van der Waals surface area contributed by atoms with Gasteiger partial charge in [-0.3, -0.25) is 18.6 Å². The summed E-state index contributed by atoms with van der Waals surface area (Å²) in [6.07, 6.45) is 44.2. The van der Waals surface area contributed by atoms with Crippen molar-refractivity contribution in [3.63, 3.8) is 0 Å². The van der Waals surface area contributed by atoms with Gasteiger partial charge in [0.15, 0.2) is 0 Å². The first-order chi connectivity index (χ1) is 24.8. The van der Waals surface area contributed by atoms with Gasteiger partial charge in [-0.15, -0.1) is 0 Å². The van der Waals surface area contributed by atoms with Gasteiger partial charge in [0.25, 0.3) is 0 Å². The molecule has 0 radical (unpaired) electrons. The number of phosphoric acid groups is 1. The van der Waals surface area contributed by atoms with E-state index in [1.165, 1.54) is 51.4 Å². The predicted octanol–water partition coefficient (Wildman–Crippen LogP) is 10.3. The summed E-state index contributed by atoms with van der Waals surface area (Å²) in [5, 5.41) is 12.6. The molecule has 51 heavy (non-hydrogen) atoms. The minimum Gasteiger partial charge on any atom is -0.463 e. The standard InChI is InChI=1S/C41H70NO8P/c1-3-5-7-9-11-13-15-16-17-18-19-20-21-22-24-25-27-29-31-33-40(44)42-35-36-49-51(46,47)50-38-39(43)37-48-41(45)34-32-30-28-26-23-14-12-10-8-6-4-2/h5,7,11,13,16-17,19-20,22,24,27,29,39,43H,3-4,6,8-10,12,14-15,18,21,23,25-26,28,30-38H2,1-2H3,(H,42,44)(H,46,47)/b7-5-,13-11-,17-16-,20-19-,24-22-,29-27-. The van der Waals surface area contributed by atoms with E-state index in [-0.39, 0.29) is 32.1 Å². The third-order valence-electron chi connectivity index (χ3n) is 7.66. The number of hydrogen-bond acceptors (Lipinski definition) is 7. The molecule has 9 nitrogen and oxygen atoms in total. The van der Waals surface area contributed by atoms with E-state index in [0.29, 0.717) is 12.8 Å². The Kier molecular flexibility index (Phi) is 35.4. The maximum atomic E-state index is 12.0. The van der Waals surface area contributed by atoms with Gasteiger partial charge in [0.1, 0.15) is 12.7 Å². The van der Waals surface area contributed by atoms with E-state index in [4.69, 9.17) is 13.8 Å². The lowest BCUT2D eigenvalue weighted by Crippen LogP contribution is -2.27. The number of esters is 1.